The average Bonchev–Trinajstić information content (AvgIpc) is 2.55. The highest BCUT2D eigenvalue weighted by Gasteiger charge is 2.08. The Bertz CT molecular complexity index is 705. The monoisotopic (exact) mass is 344 g/mol. The number of methoxy groups -OCH3 is 1. The third-order valence-corrected chi connectivity index (χ3v) is 4.15. The lowest BCUT2D eigenvalue weighted by Gasteiger charge is -2.12. The fourth-order valence-corrected chi connectivity index (χ4v) is 2.95. The number of ether oxygens (including phenoxy) is 1. The number of anilines is 2. The molecule has 5 nitrogen and oxygen atoms in total. The van der Waals surface area contributed by atoms with Crippen LogP contribution in [-0.2, 0) is 9.59 Å². The third kappa shape index (κ3) is 5.62. The Morgan fingerprint density at radius 2 is 1.83 bits per heavy atom. The highest BCUT2D eigenvalue weighted by Crippen LogP contribution is 2.28. The van der Waals surface area contributed by atoms with E-state index in [-0.39, 0.29) is 11.8 Å². The number of nitrogens with one attached hydrogen (secondary N) is 2. The molecular formula is C18H20N2O3S. The Morgan fingerprint density at radius 1 is 1.08 bits per heavy atom. The van der Waals surface area contributed by atoms with Crippen LogP contribution < -0.4 is 15.4 Å². The highest BCUT2D eigenvalue weighted by atomic mass is 32.2. The van der Waals surface area contributed by atoms with Crippen molar-refractivity contribution in [1.29, 1.82) is 0 Å². The number of amides is 2. The molecule has 0 heterocycles. The molecule has 0 saturated heterocycles. The van der Waals surface area contributed by atoms with Crippen molar-refractivity contribution in [2.45, 2.75) is 18.2 Å². The van der Waals surface area contributed by atoms with E-state index in [1.807, 2.05) is 30.3 Å². The second-order valence-corrected chi connectivity index (χ2v) is 6.22. The van der Waals surface area contributed by atoms with Crippen molar-refractivity contribution in [3.8, 4) is 5.75 Å². The van der Waals surface area contributed by atoms with Crippen LogP contribution in [0.5, 0.6) is 5.75 Å². The van der Waals surface area contributed by atoms with Gasteiger partial charge in [0, 0.05) is 29.7 Å². The summed E-state index contributed by atoms with van der Waals surface area (Å²) in [5.74, 6) is 0.973. The lowest BCUT2D eigenvalue weighted by molar-refractivity contribution is -0.116. The van der Waals surface area contributed by atoms with E-state index in [0.717, 1.165) is 4.90 Å². The summed E-state index contributed by atoms with van der Waals surface area (Å²) in [5, 5.41) is 5.52. The first-order valence-electron chi connectivity index (χ1n) is 7.52. The van der Waals surface area contributed by atoms with Gasteiger partial charge in [0.05, 0.1) is 12.8 Å². The van der Waals surface area contributed by atoms with Gasteiger partial charge in [-0.1, -0.05) is 18.2 Å². The zero-order valence-electron chi connectivity index (χ0n) is 13.7. The lowest BCUT2D eigenvalue weighted by atomic mass is 10.2. The van der Waals surface area contributed by atoms with Gasteiger partial charge in [0.2, 0.25) is 11.8 Å². The van der Waals surface area contributed by atoms with Crippen molar-refractivity contribution in [1.82, 2.24) is 0 Å². The van der Waals surface area contributed by atoms with E-state index in [4.69, 9.17) is 4.74 Å². The van der Waals surface area contributed by atoms with Crippen molar-refractivity contribution < 1.29 is 14.3 Å². The number of hydrogen-bond acceptors (Lipinski definition) is 4. The molecule has 0 fully saturated rings. The Labute approximate surface area is 145 Å². The number of rotatable bonds is 7. The van der Waals surface area contributed by atoms with Gasteiger partial charge >= 0.3 is 0 Å². The van der Waals surface area contributed by atoms with E-state index in [1.165, 1.54) is 14.0 Å². The first kappa shape index (κ1) is 17.9. The Kier molecular flexibility index (Phi) is 6.69. The van der Waals surface area contributed by atoms with Gasteiger partial charge in [0.1, 0.15) is 5.75 Å². The molecule has 0 bridgehead atoms. The Balaban J connectivity index is 1.90. The molecular weight excluding hydrogens is 324 g/mol. The summed E-state index contributed by atoms with van der Waals surface area (Å²) in [6.45, 7) is 1.42. The molecule has 0 atom stereocenters. The molecule has 0 aliphatic rings. The van der Waals surface area contributed by atoms with Gasteiger partial charge in [-0.3, -0.25) is 9.59 Å². The van der Waals surface area contributed by atoms with Crippen molar-refractivity contribution in [2.75, 3.05) is 23.5 Å². The molecule has 2 N–H and O–H groups in total. The molecule has 0 unspecified atom stereocenters. The molecule has 0 radical (unpaired) electrons. The van der Waals surface area contributed by atoms with Crippen molar-refractivity contribution in [2.24, 2.45) is 0 Å². The molecule has 24 heavy (non-hydrogen) atoms. The summed E-state index contributed by atoms with van der Waals surface area (Å²) < 4.78 is 5.19. The molecule has 2 aromatic rings. The molecule has 2 amide bonds. The van der Waals surface area contributed by atoms with Gasteiger partial charge in [-0.25, -0.2) is 0 Å². The molecule has 0 aromatic heterocycles. The maximum Gasteiger partial charge on any atom is 0.225 e. The van der Waals surface area contributed by atoms with Crippen LogP contribution in [-0.4, -0.2) is 24.7 Å². The van der Waals surface area contributed by atoms with Crippen molar-refractivity contribution in [3.63, 3.8) is 0 Å². The van der Waals surface area contributed by atoms with E-state index < -0.39 is 0 Å². The summed E-state index contributed by atoms with van der Waals surface area (Å²) in [4.78, 5) is 24.4. The van der Waals surface area contributed by atoms with E-state index in [1.54, 1.807) is 30.0 Å². The molecule has 0 spiro atoms. The maximum absolute atomic E-state index is 12.0. The first-order chi connectivity index (χ1) is 11.6. The summed E-state index contributed by atoms with van der Waals surface area (Å²) in [6.07, 6.45) is 0.404. The van der Waals surface area contributed by atoms with E-state index in [9.17, 15) is 9.59 Å². The minimum atomic E-state index is -0.198. The van der Waals surface area contributed by atoms with Crippen LogP contribution >= 0.6 is 11.8 Å². The van der Waals surface area contributed by atoms with Crippen LogP contribution in [0.1, 0.15) is 13.3 Å². The minimum Gasteiger partial charge on any atom is -0.495 e. The van der Waals surface area contributed by atoms with Crippen LogP contribution in [0, 0.1) is 0 Å². The summed E-state index contributed by atoms with van der Waals surface area (Å²) in [7, 11) is 1.53. The Hall–Kier alpha value is -2.47. The fraction of sp³-hybridized carbons (Fsp3) is 0.222. The van der Waals surface area contributed by atoms with Crippen LogP contribution in [0.4, 0.5) is 11.4 Å². The van der Waals surface area contributed by atoms with Gasteiger partial charge in [0.25, 0.3) is 0 Å². The Morgan fingerprint density at radius 3 is 2.50 bits per heavy atom. The molecule has 0 aliphatic heterocycles. The highest BCUT2D eigenvalue weighted by molar-refractivity contribution is 7.99. The predicted octanol–water partition coefficient (Wildman–Crippen LogP) is 3.77. The molecule has 6 heteroatoms. The summed E-state index contributed by atoms with van der Waals surface area (Å²) >= 11 is 1.64. The number of hydrogen-bond donors (Lipinski definition) is 2. The fourth-order valence-electron chi connectivity index (χ4n) is 2.07. The first-order valence-corrected chi connectivity index (χ1v) is 8.50. The van der Waals surface area contributed by atoms with Gasteiger partial charge in [-0.15, -0.1) is 11.8 Å². The predicted molar refractivity (Wildman–Crippen MR) is 97.7 cm³/mol. The summed E-state index contributed by atoms with van der Waals surface area (Å²) in [5.41, 5.74) is 1.15. The van der Waals surface area contributed by atoms with Crippen molar-refractivity contribution in [3.05, 3.63) is 48.5 Å². The number of benzene rings is 2. The van der Waals surface area contributed by atoms with Crippen molar-refractivity contribution >= 4 is 35.0 Å². The second kappa shape index (κ2) is 8.98. The second-order valence-electron chi connectivity index (χ2n) is 5.06. The van der Waals surface area contributed by atoms with Crippen LogP contribution in [0.25, 0.3) is 0 Å². The van der Waals surface area contributed by atoms with Gasteiger partial charge in [-0.05, 0) is 30.3 Å². The largest absolute Gasteiger partial charge is 0.495 e. The minimum absolute atomic E-state index is 0.0719. The zero-order chi connectivity index (χ0) is 17.4. The normalized spacial score (nSPS) is 10.1. The van der Waals surface area contributed by atoms with Crippen LogP contribution in [0.2, 0.25) is 0 Å². The van der Waals surface area contributed by atoms with E-state index in [2.05, 4.69) is 10.6 Å². The zero-order valence-corrected chi connectivity index (χ0v) is 14.5. The molecule has 2 aromatic carbocycles. The van der Waals surface area contributed by atoms with E-state index in [0.29, 0.717) is 29.3 Å². The smallest absolute Gasteiger partial charge is 0.225 e. The maximum atomic E-state index is 12.0. The standard InChI is InChI=1S/C18H20N2O3S/c1-13(21)19-16-12-14(8-9-17(16)23-2)20-18(22)10-11-24-15-6-4-3-5-7-15/h3-9,12H,10-11H2,1-2H3,(H,19,21)(H,20,22). The average molecular weight is 344 g/mol. The SMILES string of the molecule is COc1ccc(NC(=O)CCSc2ccccc2)cc1NC(C)=O. The van der Waals surface area contributed by atoms with Gasteiger partial charge in [0.15, 0.2) is 0 Å². The lowest BCUT2D eigenvalue weighted by Crippen LogP contribution is -2.13. The van der Waals surface area contributed by atoms with Crippen LogP contribution in [0.3, 0.4) is 0 Å². The third-order valence-electron chi connectivity index (χ3n) is 3.13. The number of thioether (sulfide) groups is 1. The van der Waals surface area contributed by atoms with Crippen LogP contribution in [0.15, 0.2) is 53.4 Å². The topological polar surface area (TPSA) is 67.4 Å². The molecule has 0 aliphatic carbocycles. The molecule has 126 valence electrons. The van der Waals surface area contributed by atoms with Gasteiger partial charge < -0.3 is 15.4 Å². The quantitative estimate of drug-likeness (QED) is 0.750. The molecule has 2 rings (SSSR count). The van der Waals surface area contributed by atoms with Gasteiger partial charge in [-0.2, -0.15) is 0 Å². The molecule has 0 saturated carbocycles. The summed E-state index contributed by atoms with van der Waals surface area (Å²) in [6, 6.07) is 15.1. The number of carbonyl (C=O) groups excluding carboxylic acids is 2. The van der Waals surface area contributed by atoms with E-state index >= 15 is 0 Å². The number of carbonyl (C=O) groups is 2.